The van der Waals surface area contributed by atoms with Crippen molar-refractivity contribution in [2.24, 2.45) is 0 Å². The van der Waals surface area contributed by atoms with Crippen LogP contribution in [-0.2, 0) is 13.1 Å². The van der Waals surface area contributed by atoms with E-state index in [-0.39, 0.29) is 11.2 Å². The monoisotopic (exact) mass is 361 g/mol. The topological polar surface area (TPSA) is 74.7 Å². The van der Waals surface area contributed by atoms with Crippen molar-refractivity contribution in [3.63, 3.8) is 0 Å². The van der Waals surface area contributed by atoms with Gasteiger partial charge in [-0.3, -0.25) is 9.48 Å². The first-order valence-corrected chi connectivity index (χ1v) is 8.68. The van der Waals surface area contributed by atoms with Gasteiger partial charge in [0.25, 0.3) is 5.56 Å². The molecule has 6 heteroatoms. The molecule has 1 heterocycles. The highest BCUT2D eigenvalue weighted by atomic mass is 16.8. The Morgan fingerprint density at radius 2 is 1.37 bits per heavy atom. The lowest BCUT2D eigenvalue weighted by atomic mass is 10.2. The van der Waals surface area contributed by atoms with Crippen molar-refractivity contribution in [3.05, 3.63) is 106 Å². The average Bonchev–Trinajstić information content (AvgIpc) is 2.95. The van der Waals surface area contributed by atoms with Crippen LogP contribution in [0.15, 0.2) is 83.7 Å². The van der Waals surface area contributed by atoms with Gasteiger partial charge in [-0.25, -0.2) is 9.89 Å². The zero-order valence-corrected chi connectivity index (χ0v) is 14.6. The molecule has 1 unspecified atom stereocenters. The molecule has 0 saturated carbocycles. The van der Waals surface area contributed by atoms with Crippen LogP contribution in [0.1, 0.15) is 11.1 Å². The molecular weight excluding hydrogens is 342 g/mol. The smallest absolute Gasteiger partial charge is 0.275 e. The Morgan fingerprint density at radius 3 is 1.93 bits per heavy atom. The van der Waals surface area contributed by atoms with Crippen LogP contribution in [0, 0.1) is 5.21 Å². The third-order valence-electron chi connectivity index (χ3n) is 4.63. The van der Waals surface area contributed by atoms with Crippen LogP contribution in [0.3, 0.4) is 0 Å². The molecule has 4 aromatic rings. The van der Waals surface area contributed by atoms with Crippen LogP contribution in [0.25, 0.3) is 10.9 Å². The fraction of sp³-hybridized carbons (Fsp3) is 0.0952. The lowest BCUT2D eigenvalue weighted by molar-refractivity contribution is -0.991. The molecule has 1 aromatic heterocycles. The van der Waals surface area contributed by atoms with E-state index in [0.717, 1.165) is 16.6 Å². The molecule has 2 N–H and O–H groups in total. The molecule has 0 saturated heterocycles. The number of nitrogens with one attached hydrogen (secondary N) is 1. The summed E-state index contributed by atoms with van der Waals surface area (Å²) >= 11 is 0. The molecule has 6 nitrogen and oxygen atoms in total. The van der Waals surface area contributed by atoms with E-state index in [2.05, 4.69) is 0 Å². The standard InChI is InChI=1S/C21H19N3O3/c25-21-19-13-18(24(26)27)11-12-20(19)22(14-16-7-3-1-4-8-16)23(21)15-17-9-5-2-6-10-17/h1-13,24,26H,14-15H2. The van der Waals surface area contributed by atoms with Crippen molar-refractivity contribution in [1.29, 1.82) is 0 Å². The molecule has 0 fully saturated rings. The maximum absolute atomic E-state index is 13.1. The lowest BCUT2D eigenvalue weighted by Crippen LogP contribution is -2.99. The van der Waals surface area contributed by atoms with E-state index in [0.29, 0.717) is 18.5 Å². The predicted octanol–water partition coefficient (Wildman–Crippen LogP) is 2.30. The van der Waals surface area contributed by atoms with Crippen LogP contribution >= 0.6 is 0 Å². The summed E-state index contributed by atoms with van der Waals surface area (Å²) in [5, 5.41) is 20.0. The minimum Gasteiger partial charge on any atom is -0.595 e. The summed E-state index contributed by atoms with van der Waals surface area (Å²) < 4.78 is 3.60. The van der Waals surface area contributed by atoms with E-state index in [1.807, 2.05) is 65.3 Å². The summed E-state index contributed by atoms with van der Waals surface area (Å²) in [6, 6.07) is 24.4. The van der Waals surface area contributed by atoms with Crippen molar-refractivity contribution in [2.45, 2.75) is 13.1 Å². The first-order chi connectivity index (χ1) is 13.1. The largest absolute Gasteiger partial charge is 0.595 e. The Morgan fingerprint density at radius 1 is 0.815 bits per heavy atom. The third-order valence-corrected chi connectivity index (χ3v) is 4.63. The highest BCUT2D eigenvalue weighted by molar-refractivity contribution is 5.81. The average molecular weight is 361 g/mol. The van der Waals surface area contributed by atoms with Crippen LogP contribution in [-0.4, -0.2) is 14.6 Å². The molecule has 136 valence electrons. The summed E-state index contributed by atoms with van der Waals surface area (Å²) in [5.74, 6) is 0. The van der Waals surface area contributed by atoms with Crippen LogP contribution in [0.5, 0.6) is 0 Å². The molecule has 4 rings (SSSR count). The van der Waals surface area contributed by atoms with Gasteiger partial charge >= 0.3 is 0 Å². The van der Waals surface area contributed by atoms with Crippen molar-refractivity contribution >= 4 is 16.6 Å². The first kappa shape index (κ1) is 17.2. The van der Waals surface area contributed by atoms with Crippen molar-refractivity contribution in [3.8, 4) is 0 Å². The SMILES string of the molecule is O=c1c2cc([NH+]([O-])O)ccc2n(Cc2ccccc2)n1Cc1ccccc1. The summed E-state index contributed by atoms with van der Waals surface area (Å²) in [7, 11) is 0. The Kier molecular flexibility index (Phi) is 4.60. The van der Waals surface area contributed by atoms with E-state index in [4.69, 9.17) is 0 Å². The summed E-state index contributed by atoms with van der Waals surface area (Å²) in [5.41, 5.74) is 2.73. The van der Waals surface area contributed by atoms with Gasteiger partial charge in [0.15, 0.2) is 5.69 Å². The maximum Gasteiger partial charge on any atom is 0.275 e. The van der Waals surface area contributed by atoms with E-state index in [1.54, 1.807) is 16.8 Å². The number of quaternary nitrogens is 1. The number of nitrogens with zero attached hydrogens (tertiary/aromatic N) is 2. The molecule has 0 amide bonds. The molecule has 3 aromatic carbocycles. The Bertz CT molecular complexity index is 1120. The number of hydrogen-bond acceptors (Lipinski definition) is 3. The van der Waals surface area contributed by atoms with Gasteiger partial charge in [-0.15, -0.1) is 0 Å². The number of benzene rings is 3. The van der Waals surface area contributed by atoms with E-state index in [1.165, 1.54) is 6.07 Å². The van der Waals surface area contributed by atoms with Crippen LogP contribution < -0.4 is 10.8 Å². The summed E-state index contributed by atoms with van der Waals surface area (Å²) in [6.45, 7) is 0.947. The van der Waals surface area contributed by atoms with Crippen molar-refractivity contribution in [1.82, 2.24) is 9.36 Å². The molecule has 0 aliphatic heterocycles. The maximum atomic E-state index is 13.1. The van der Waals surface area contributed by atoms with Gasteiger partial charge in [0.2, 0.25) is 0 Å². The van der Waals surface area contributed by atoms with Gasteiger partial charge in [0.05, 0.1) is 24.0 Å². The predicted molar refractivity (Wildman–Crippen MR) is 103 cm³/mol. The van der Waals surface area contributed by atoms with Crippen LogP contribution in [0.4, 0.5) is 5.69 Å². The highest BCUT2D eigenvalue weighted by Crippen LogP contribution is 2.18. The summed E-state index contributed by atoms with van der Waals surface area (Å²) in [6.07, 6.45) is 0. The second-order valence-corrected chi connectivity index (χ2v) is 6.43. The van der Waals surface area contributed by atoms with Gasteiger partial charge in [-0.1, -0.05) is 60.7 Å². The van der Waals surface area contributed by atoms with Gasteiger partial charge in [0, 0.05) is 12.1 Å². The van der Waals surface area contributed by atoms with Gasteiger partial charge < -0.3 is 5.21 Å². The fourth-order valence-corrected chi connectivity index (χ4v) is 3.28. The molecule has 27 heavy (non-hydrogen) atoms. The molecule has 1 atom stereocenters. The minimum absolute atomic E-state index is 0.114. The van der Waals surface area contributed by atoms with Crippen LogP contribution in [0.2, 0.25) is 0 Å². The zero-order valence-electron chi connectivity index (χ0n) is 14.6. The highest BCUT2D eigenvalue weighted by Gasteiger charge is 2.16. The zero-order chi connectivity index (χ0) is 18.8. The second-order valence-electron chi connectivity index (χ2n) is 6.43. The molecule has 0 aliphatic carbocycles. The van der Waals surface area contributed by atoms with Crippen molar-refractivity contribution < 1.29 is 10.4 Å². The van der Waals surface area contributed by atoms with E-state index < -0.39 is 5.23 Å². The summed E-state index contributed by atoms with van der Waals surface area (Å²) in [4.78, 5) is 13.1. The normalized spacial score (nSPS) is 12.4. The lowest BCUT2D eigenvalue weighted by Gasteiger charge is -2.14. The number of rotatable bonds is 5. The molecule has 0 radical (unpaired) electrons. The quantitative estimate of drug-likeness (QED) is 0.536. The second kappa shape index (κ2) is 7.20. The van der Waals surface area contributed by atoms with E-state index >= 15 is 0 Å². The van der Waals surface area contributed by atoms with Gasteiger partial charge in [-0.2, -0.15) is 5.23 Å². The van der Waals surface area contributed by atoms with Crippen molar-refractivity contribution in [2.75, 3.05) is 0 Å². The number of fused-ring (bicyclic) bond motifs is 1. The Balaban J connectivity index is 1.88. The minimum atomic E-state index is -1.04. The molecule has 0 bridgehead atoms. The Labute approximate surface area is 155 Å². The molecule has 0 spiro atoms. The molecular formula is C21H19N3O3. The third kappa shape index (κ3) is 3.41. The van der Waals surface area contributed by atoms with E-state index in [9.17, 15) is 15.2 Å². The number of hydrogen-bond donors (Lipinski definition) is 2. The fourth-order valence-electron chi connectivity index (χ4n) is 3.28. The van der Waals surface area contributed by atoms with Gasteiger partial charge in [-0.05, 0) is 17.2 Å². The van der Waals surface area contributed by atoms with Gasteiger partial charge in [0.1, 0.15) is 0 Å². The molecule has 0 aliphatic rings. The number of aromatic nitrogens is 2. The first-order valence-electron chi connectivity index (χ1n) is 8.68. The Hall–Kier alpha value is -3.19.